The molecule has 1 saturated carbocycles. The van der Waals surface area contributed by atoms with Crippen LogP contribution in [0.5, 0.6) is 0 Å². The average molecular weight is 317 g/mol. The Hall–Kier alpha value is -2.95. The molecular formula is C19H15N3O2. The zero-order valence-electron chi connectivity index (χ0n) is 12.9. The summed E-state index contributed by atoms with van der Waals surface area (Å²) in [5, 5.41) is 10.5. The summed E-state index contributed by atoms with van der Waals surface area (Å²) in [4.78, 5) is 4.54. The minimum Gasteiger partial charge on any atom is -0.364 e. The van der Waals surface area contributed by atoms with Gasteiger partial charge >= 0.3 is 0 Å². The van der Waals surface area contributed by atoms with Crippen molar-refractivity contribution in [2.45, 2.75) is 24.7 Å². The third-order valence-electron chi connectivity index (χ3n) is 4.64. The summed E-state index contributed by atoms with van der Waals surface area (Å²) < 4.78 is 10.3. The number of fused-ring (bicyclic) bond motifs is 1. The van der Waals surface area contributed by atoms with Crippen molar-refractivity contribution in [1.29, 1.82) is 0 Å². The van der Waals surface area contributed by atoms with Gasteiger partial charge in [-0.25, -0.2) is 0 Å². The van der Waals surface area contributed by atoms with E-state index in [1.165, 1.54) is 16.3 Å². The summed E-state index contributed by atoms with van der Waals surface area (Å²) in [6, 6.07) is 16.8. The van der Waals surface area contributed by atoms with E-state index in [9.17, 15) is 0 Å². The van der Waals surface area contributed by atoms with Crippen molar-refractivity contribution < 1.29 is 9.05 Å². The van der Waals surface area contributed by atoms with E-state index in [-0.39, 0.29) is 0 Å². The lowest BCUT2D eigenvalue weighted by Crippen LogP contribution is -1.91. The van der Waals surface area contributed by atoms with Gasteiger partial charge in [0.1, 0.15) is 6.26 Å². The summed E-state index contributed by atoms with van der Waals surface area (Å²) in [6.45, 7) is 0. The maximum Gasteiger partial charge on any atom is 0.230 e. The maximum absolute atomic E-state index is 5.48. The highest BCUT2D eigenvalue weighted by molar-refractivity contribution is 5.86. The average Bonchev–Trinajstić information content (AvgIpc) is 3.01. The van der Waals surface area contributed by atoms with Crippen LogP contribution in [-0.2, 0) is 6.42 Å². The van der Waals surface area contributed by atoms with Gasteiger partial charge in [-0.1, -0.05) is 52.8 Å². The van der Waals surface area contributed by atoms with Gasteiger partial charge in [0.15, 0.2) is 5.82 Å². The Morgan fingerprint density at radius 3 is 2.79 bits per heavy atom. The molecule has 5 nitrogen and oxygen atoms in total. The molecule has 118 valence electrons. The van der Waals surface area contributed by atoms with Crippen molar-refractivity contribution in [3.8, 4) is 0 Å². The normalized spacial score (nSPS) is 19.7. The number of hydrogen-bond donors (Lipinski definition) is 0. The summed E-state index contributed by atoms with van der Waals surface area (Å²) in [7, 11) is 0. The fourth-order valence-electron chi connectivity index (χ4n) is 3.37. The number of hydrogen-bond acceptors (Lipinski definition) is 5. The van der Waals surface area contributed by atoms with Crippen LogP contribution in [0.1, 0.15) is 41.2 Å². The molecule has 2 atom stereocenters. The van der Waals surface area contributed by atoms with Gasteiger partial charge in [0, 0.05) is 12.0 Å². The first-order valence-electron chi connectivity index (χ1n) is 8.08. The fourth-order valence-corrected chi connectivity index (χ4v) is 3.37. The van der Waals surface area contributed by atoms with Crippen molar-refractivity contribution in [3.63, 3.8) is 0 Å². The van der Waals surface area contributed by atoms with Crippen molar-refractivity contribution in [2.75, 3.05) is 0 Å². The van der Waals surface area contributed by atoms with Crippen LogP contribution in [-0.4, -0.2) is 15.3 Å². The summed E-state index contributed by atoms with van der Waals surface area (Å²) in [5.41, 5.74) is 2.18. The van der Waals surface area contributed by atoms with Crippen LogP contribution < -0.4 is 0 Å². The Labute approximate surface area is 138 Å². The van der Waals surface area contributed by atoms with Gasteiger partial charge < -0.3 is 9.05 Å². The molecular weight excluding hydrogens is 302 g/mol. The second-order valence-electron chi connectivity index (χ2n) is 6.23. The lowest BCUT2D eigenvalue weighted by Gasteiger charge is -2.04. The van der Waals surface area contributed by atoms with E-state index < -0.39 is 0 Å². The Balaban J connectivity index is 1.39. The molecule has 2 aromatic carbocycles. The summed E-state index contributed by atoms with van der Waals surface area (Å²) in [5.74, 6) is 2.15. The van der Waals surface area contributed by atoms with E-state index in [2.05, 4.69) is 57.8 Å². The monoisotopic (exact) mass is 317 g/mol. The number of aromatic nitrogens is 3. The second kappa shape index (κ2) is 5.30. The first kappa shape index (κ1) is 13.5. The van der Waals surface area contributed by atoms with E-state index >= 15 is 0 Å². The summed E-state index contributed by atoms with van der Waals surface area (Å²) in [6.07, 6.45) is 3.14. The van der Waals surface area contributed by atoms with E-state index in [1.54, 1.807) is 6.26 Å². The molecule has 1 fully saturated rings. The van der Waals surface area contributed by atoms with Gasteiger partial charge in [0.25, 0.3) is 0 Å². The molecule has 1 aliphatic carbocycles. The minimum atomic E-state index is 0.314. The Bertz CT molecular complexity index is 985. The molecule has 0 aliphatic heterocycles. The molecule has 0 saturated heterocycles. The van der Waals surface area contributed by atoms with Gasteiger partial charge in [-0.3, -0.25) is 0 Å². The first-order chi connectivity index (χ1) is 11.9. The molecule has 0 N–H and O–H groups in total. The van der Waals surface area contributed by atoms with E-state index in [0.717, 1.165) is 18.0 Å². The van der Waals surface area contributed by atoms with E-state index in [4.69, 9.17) is 9.05 Å². The quantitative estimate of drug-likeness (QED) is 0.567. The van der Waals surface area contributed by atoms with Crippen LogP contribution in [0, 0.1) is 0 Å². The van der Waals surface area contributed by atoms with E-state index in [0.29, 0.717) is 24.1 Å². The number of benzene rings is 2. The number of nitrogens with zero attached hydrogens (tertiary/aromatic N) is 3. The minimum absolute atomic E-state index is 0.314. The van der Waals surface area contributed by atoms with Gasteiger partial charge in [-0.2, -0.15) is 4.98 Å². The highest BCUT2D eigenvalue weighted by Gasteiger charge is 2.44. The topological polar surface area (TPSA) is 65.0 Å². The lowest BCUT2D eigenvalue weighted by molar-refractivity contribution is 0.372. The molecule has 4 aromatic rings. The highest BCUT2D eigenvalue weighted by Crippen LogP contribution is 2.55. The fraction of sp³-hybridized carbons (Fsp3) is 0.211. The molecule has 1 aliphatic rings. The molecule has 5 heteroatoms. The third-order valence-corrected chi connectivity index (χ3v) is 4.64. The van der Waals surface area contributed by atoms with Crippen LogP contribution in [0.15, 0.2) is 63.8 Å². The zero-order chi connectivity index (χ0) is 15.9. The van der Waals surface area contributed by atoms with Crippen LogP contribution in [0.4, 0.5) is 0 Å². The SMILES string of the molecule is c1ccc2c(C3CC3c3nc(Cc4ccon4)no3)cccc2c1. The lowest BCUT2D eigenvalue weighted by atomic mass is 10.0. The smallest absolute Gasteiger partial charge is 0.230 e. The highest BCUT2D eigenvalue weighted by atomic mass is 16.5. The van der Waals surface area contributed by atoms with Crippen molar-refractivity contribution in [3.05, 3.63) is 77.8 Å². The van der Waals surface area contributed by atoms with Gasteiger partial charge in [0.2, 0.25) is 5.89 Å². The van der Waals surface area contributed by atoms with Crippen LogP contribution in [0.2, 0.25) is 0 Å². The molecule has 0 spiro atoms. The Morgan fingerprint density at radius 1 is 0.958 bits per heavy atom. The number of rotatable bonds is 4. The molecule has 24 heavy (non-hydrogen) atoms. The molecule has 2 aromatic heterocycles. The largest absolute Gasteiger partial charge is 0.364 e. The molecule has 5 rings (SSSR count). The van der Waals surface area contributed by atoms with Crippen molar-refractivity contribution in [2.24, 2.45) is 0 Å². The van der Waals surface area contributed by atoms with Crippen LogP contribution >= 0.6 is 0 Å². The van der Waals surface area contributed by atoms with Crippen molar-refractivity contribution >= 4 is 10.8 Å². The van der Waals surface area contributed by atoms with Crippen molar-refractivity contribution in [1.82, 2.24) is 15.3 Å². The second-order valence-corrected chi connectivity index (χ2v) is 6.23. The molecule has 2 unspecified atom stereocenters. The Kier molecular flexibility index (Phi) is 2.98. The Morgan fingerprint density at radius 2 is 1.88 bits per heavy atom. The molecule has 0 radical (unpaired) electrons. The van der Waals surface area contributed by atoms with Crippen LogP contribution in [0.3, 0.4) is 0 Å². The predicted octanol–water partition coefficient (Wildman–Crippen LogP) is 4.07. The third kappa shape index (κ3) is 2.29. The molecule has 0 bridgehead atoms. The van der Waals surface area contributed by atoms with Gasteiger partial charge in [-0.05, 0) is 28.7 Å². The van der Waals surface area contributed by atoms with Gasteiger partial charge in [0.05, 0.1) is 12.1 Å². The summed E-state index contributed by atoms with van der Waals surface area (Å²) >= 11 is 0. The molecule has 2 heterocycles. The predicted molar refractivity (Wildman–Crippen MR) is 87.7 cm³/mol. The first-order valence-corrected chi connectivity index (χ1v) is 8.08. The molecule has 0 amide bonds. The van der Waals surface area contributed by atoms with Gasteiger partial charge in [-0.15, -0.1) is 0 Å². The van der Waals surface area contributed by atoms with E-state index in [1.807, 2.05) is 6.07 Å². The zero-order valence-corrected chi connectivity index (χ0v) is 12.9. The van der Waals surface area contributed by atoms with Crippen LogP contribution in [0.25, 0.3) is 10.8 Å². The standard InChI is InChI=1S/C19H15N3O2/c1-2-6-14-12(4-1)5-3-7-15(14)16-11-17(16)19-20-18(22-24-19)10-13-8-9-23-21-13/h1-9,16-17H,10-11H2. The maximum atomic E-state index is 5.48.